The number of ether oxygens (including phenoxy) is 2. The molecule has 0 saturated heterocycles. The van der Waals surface area contributed by atoms with Crippen molar-refractivity contribution in [1.29, 1.82) is 0 Å². The zero-order valence-corrected chi connectivity index (χ0v) is 11.4. The fourth-order valence-corrected chi connectivity index (χ4v) is 2.42. The Morgan fingerprint density at radius 3 is 2.57 bits per heavy atom. The summed E-state index contributed by atoms with van der Waals surface area (Å²) < 4.78 is 10.6. The van der Waals surface area contributed by atoms with Crippen LogP contribution in [0.1, 0.15) is 21.8 Å². The number of rotatable bonds is 2. The van der Waals surface area contributed by atoms with Crippen molar-refractivity contribution < 1.29 is 24.5 Å². The van der Waals surface area contributed by atoms with Gasteiger partial charge in [0.15, 0.2) is 17.3 Å². The molecule has 1 atom stereocenters. The van der Waals surface area contributed by atoms with Crippen LogP contribution >= 0.6 is 0 Å². The Morgan fingerprint density at radius 1 is 1.19 bits per heavy atom. The normalized spacial score (nSPS) is 17.0. The molecule has 0 fully saturated rings. The van der Waals surface area contributed by atoms with E-state index >= 15 is 0 Å². The molecule has 0 aromatic heterocycles. The Labute approximate surface area is 121 Å². The lowest BCUT2D eigenvalue weighted by molar-refractivity contribution is 0.0895. The van der Waals surface area contributed by atoms with E-state index in [-0.39, 0.29) is 29.6 Å². The Balaban J connectivity index is 2.00. The summed E-state index contributed by atoms with van der Waals surface area (Å²) >= 11 is 0. The summed E-state index contributed by atoms with van der Waals surface area (Å²) in [6.45, 7) is 0.197. The molecule has 21 heavy (non-hydrogen) atoms. The summed E-state index contributed by atoms with van der Waals surface area (Å²) in [6.07, 6.45) is 0. The predicted octanol–water partition coefficient (Wildman–Crippen LogP) is 2.47. The lowest BCUT2D eigenvalue weighted by Gasteiger charge is -2.25. The van der Waals surface area contributed by atoms with Gasteiger partial charge in [0.05, 0.1) is 18.6 Å². The molecular formula is C16H14O5. The number of aromatic hydroxyl groups is 2. The first-order valence-electron chi connectivity index (χ1n) is 6.47. The van der Waals surface area contributed by atoms with Crippen LogP contribution < -0.4 is 9.47 Å². The quantitative estimate of drug-likeness (QED) is 0.887. The Bertz CT molecular complexity index is 691. The van der Waals surface area contributed by atoms with E-state index in [9.17, 15) is 15.0 Å². The highest BCUT2D eigenvalue weighted by Crippen LogP contribution is 2.39. The van der Waals surface area contributed by atoms with E-state index in [2.05, 4.69) is 0 Å². The van der Waals surface area contributed by atoms with Crippen molar-refractivity contribution in [3.05, 3.63) is 47.5 Å². The van der Waals surface area contributed by atoms with Crippen LogP contribution in [-0.2, 0) is 0 Å². The number of carbonyl (C=O) groups excluding carboxylic acids is 1. The standard InChI is InChI=1S/C16H14O5/c1-20-15-6-11-14(7-13(15)18)21-8-12(16(11)19)9-2-4-10(17)5-3-9/h2-7,12,17-18H,8H2,1H3. The topological polar surface area (TPSA) is 76.0 Å². The first-order chi connectivity index (χ1) is 10.1. The van der Waals surface area contributed by atoms with Gasteiger partial charge in [-0.05, 0) is 23.8 Å². The summed E-state index contributed by atoms with van der Waals surface area (Å²) in [5.41, 5.74) is 1.16. The largest absolute Gasteiger partial charge is 0.508 e. The van der Waals surface area contributed by atoms with Gasteiger partial charge in [0, 0.05) is 6.07 Å². The second kappa shape index (κ2) is 5.01. The highest BCUT2D eigenvalue weighted by molar-refractivity contribution is 6.04. The minimum atomic E-state index is -0.438. The molecule has 2 aromatic carbocycles. The van der Waals surface area contributed by atoms with E-state index in [1.807, 2.05) is 0 Å². The molecule has 5 nitrogen and oxygen atoms in total. The number of carbonyl (C=O) groups is 1. The monoisotopic (exact) mass is 286 g/mol. The first kappa shape index (κ1) is 13.3. The van der Waals surface area contributed by atoms with Crippen molar-refractivity contribution in [2.45, 2.75) is 5.92 Å². The Hall–Kier alpha value is -2.69. The molecule has 2 N–H and O–H groups in total. The van der Waals surface area contributed by atoms with E-state index in [0.29, 0.717) is 11.3 Å². The molecular weight excluding hydrogens is 272 g/mol. The number of fused-ring (bicyclic) bond motifs is 1. The van der Waals surface area contributed by atoms with Gasteiger partial charge in [-0.3, -0.25) is 4.79 Å². The second-order valence-electron chi connectivity index (χ2n) is 4.84. The fourth-order valence-electron chi connectivity index (χ4n) is 2.42. The number of ketones is 1. The average Bonchev–Trinajstić information content (AvgIpc) is 2.48. The van der Waals surface area contributed by atoms with Crippen LogP contribution in [0.15, 0.2) is 36.4 Å². The van der Waals surface area contributed by atoms with Gasteiger partial charge in [0.25, 0.3) is 0 Å². The molecule has 0 saturated carbocycles. The minimum Gasteiger partial charge on any atom is -0.508 e. The highest BCUT2D eigenvalue weighted by atomic mass is 16.5. The maximum absolute atomic E-state index is 12.6. The third-order valence-corrected chi connectivity index (χ3v) is 3.56. The zero-order chi connectivity index (χ0) is 15.0. The summed E-state index contributed by atoms with van der Waals surface area (Å²) in [5.74, 6) is 0.139. The van der Waals surface area contributed by atoms with Gasteiger partial charge in [-0.1, -0.05) is 12.1 Å². The minimum absolute atomic E-state index is 0.0628. The van der Waals surface area contributed by atoms with Crippen LogP contribution in [0.3, 0.4) is 0 Å². The van der Waals surface area contributed by atoms with Crippen LogP contribution in [0.4, 0.5) is 0 Å². The smallest absolute Gasteiger partial charge is 0.177 e. The van der Waals surface area contributed by atoms with Crippen LogP contribution in [0.25, 0.3) is 0 Å². The number of phenolic OH excluding ortho intramolecular Hbond substituents is 2. The molecule has 1 aliphatic heterocycles. The van der Waals surface area contributed by atoms with Crippen molar-refractivity contribution in [2.75, 3.05) is 13.7 Å². The van der Waals surface area contributed by atoms with Gasteiger partial charge in [0.2, 0.25) is 0 Å². The van der Waals surface area contributed by atoms with Gasteiger partial charge < -0.3 is 19.7 Å². The maximum Gasteiger partial charge on any atom is 0.177 e. The first-order valence-corrected chi connectivity index (χ1v) is 6.47. The maximum atomic E-state index is 12.6. The molecule has 1 heterocycles. The number of methoxy groups -OCH3 is 1. The van der Waals surface area contributed by atoms with Crippen molar-refractivity contribution in [3.8, 4) is 23.0 Å². The van der Waals surface area contributed by atoms with E-state index in [0.717, 1.165) is 5.56 Å². The van der Waals surface area contributed by atoms with Crippen LogP contribution in [0.2, 0.25) is 0 Å². The van der Waals surface area contributed by atoms with Crippen molar-refractivity contribution in [3.63, 3.8) is 0 Å². The number of phenols is 2. The molecule has 2 aromatic rings. The van der Waals surface area contributed by atoms with Gasteiger partial charge in [-0.25, -0.2) is 0 Å². The SMILES string of the molecule is COc1cc2c(cc1O)OCC(c1ccc(O)cc1)C2=O. The molecule has 0 amide bonds. The summed E-state index contributed by atoms with van der Waals surface area (Å²) in [6, 6.07) is 9.34. The molecule has 1 aliphatic rings. The molecule has 1 unspecified atom stereocenters. The van der Waals surface area contributed by atoms with Crippen molar-refractivity contribution in [1.82, 2.24) is 0 Å². The average molecular weight is 286 g/mol. The molecule has 0 bridgehead atoms. The van der Waals surface area contributed by atoms with Gasteiger partial charge >= 0.3 is 0 Å². The van der Waals surface area contributed by atoms with E-state index in [1.165, 1.54) is 31.4 Å². The molecule has 0 radical (unpaired) electrons. The molecule has 5 heteroatoms. The molecule has 0 spiro atoms. The lowest BCUT2D eigenvalue weighted by atomic mass is 9.89. The van der Waals surface area contributed by atoms with E-state index < -0.39 is 5.92 Å². The van der Waals surface area contributed by atoms with Gasteiger partial charge in [-0.15, -0.1) is 0 Å². The number of hydrogen-bond donors (Lipinski definition) is 2. The highest BCUT2D eigenvalue weighted by Gasteiger charge is 2.31. The zero-order valence-electron chi connectivity index (χ0n) is 11.4. The number of hydrogen-bond acceptors (Lipinski definition) is 5. The Kier molecular flexibility index (Phi) is 3.17. The number of benzene rings is 2. The summed E-state index contributed by atoms with van der Waals surface area (Å²) in [7, 11) is 1.42. The number of Topliss-reactive ketones (excluding diaryl/α,β-unsaturated/α-hetero) is 1. The van der Waals surface area contributed by atoms with Crippen LogP contribution in [0, 0.1) is 0 Å². The lowest BCUT2D eigenvalue weighted by Crippen LogP contribution is -2.26. The van der Waals surface area contributed by atoms with E-state index in [1.54, 1.807) is 12.1 Å². The van der Waals surface area contributed by atoms with Crippen LogP contribution in [-0.4, -0.2) is 29.7 Å². The van der Waals surface area contributed by atoms with Crippen molar-refractivity contribution >= 4 is 5.78 Å². The second-order valence-corrected chi connectivity index (χ2v) is 4.84. The molecule has 3 rings (SSSR count). The Morgan fingerprint density at radius 2 is 1.90 bits per heavy atom. The predicted molar refractivity (Wildman–Crippen MR) is 75.3 cm³/mol. The third kappa shape index (κ3) is 2.27. The summed E-state index contributed by atoms with van der Waals surface area (Å²) in [4.78, 5) is 12.6. The molecule has 108 valence electrons. The molecule has 0 aliphatic carbocycles. The summed E-state index contributed by atoms with van der Waals surface area (Å²) in [5, 5.41) is 19.0. The fraction of sp³-hybridized carbons (Fsp3) is 0.188. The third-order valence-electron chi connectivity index (χ3n) is 3.56. The van der Waals surface area contributed by atoms with Crippen LogP contribution in [0.5, 0.6) is 23.0 Å². The van der Waals surface area contributed by atoms with Gasteiger partial charge in [-0.2, -0.15) is 0 Å². The van der Waals surface area contributed by atoms with Crippen molar-refractivity contribution in [2.24, 2.45) is 0 Å². The van der Waals surface area contributed by atoms with Gasteiger partial charge in [0.1, 0.15) is 18.1 Å². The van der Waals surface area contributed by atoms with E-state index in [4.69, 9.17) is 9.47 Å².